The van der Waals surface area contributed by atoms with Crippen LogP contribution in [0.4, 0.5) is 11.5 Å². The van der Waals surface area contributed by atoms with Gasteiger partial charge in [-0.25, -0.2) is 4.98 Å². The maximum absolute atomic E-state index is 9.49. The maximum atomic E-state index is 9.49. The van der Waals surface area contributed by atoms with E-state index >= 15 is 0 Å². The Morgan fingerprint density at radius 3 is 2.93 bits per heavy atom. The lowest BCUT2D eigenvalue weighted by atomic mass is 10.1. The van der Waals surface area contributed by atoms with Crippen LogP contribution in [0.15, 0.2) is 18.3 Å². The van der Waals surface area contributed by atoms with Crippen LogP contribution in [0.1, 0.15) is 6.92 Å². The van der Waals surface area contributed by atoms with Crippen LogP contribution in [0, 0.1) is 0 Å². The molecule has 5 nitrogen and oxygen atoms in total. The molecule has 0 spiro atoms. The van der Waals surface area contributed by atoms with E-state index in [-0.39, 0.29) is 13.2 Å². The highest BCUT2D eigenvalue weighted by atomic mass is 16.3. The van der Waals surface area contributed by atoms with Crippen LogP contribution in [0.5, 0.6) is 0 Å². The van der Waals surface area contributed by atoms with Gasteiger partial charge in [-0.15, -0.1) is 0 Å². The summed E-state index contributed by atoms with van der Waals surface area (Å²) in [4.78, 5) is 3.83. The molecule has 0 aromatic carbocycles. The summed E-state index contributed by atoms with van der Waals surface area (Å²) in [7, 11) is 0. The zero-order valence-corrected chi connectivity index (χ0v) is 8.07. The van der Waals surface area contributed by atoms with Gasteiger partial charge < -0.3 is 21.3 Å². The van der Waals surface area contributed by atoms with E-state index in [2.05, 4.69) is 10.3 Å². The van der Waals surface area contributed by atoms with Gasteiger partial charge in [0.1, 0.15) is 11.4 Å². The molecule has 1 atom stereocenters. The number of nitrogens with one attached hydrogen (secondary N) is 1. The summed E-state index contributed by atoms with van der Waals surface area (Å²) in [6.45, 7) is 1.51. The van der Waals surface area contributed by atoms with Gasteiger partial charge in [0.05, 0.1) is 6.61 Å². The zero-order chi connectivity index (χ0) is 10.6. The molecule has 0 aliphatic rings. The summed E-state index contributed by atoms with van der Waals surface area (Å²) in [6.07, 6.45) is 1.57. The van der Waals surface area contributed by atoms with Gasteiger partial charge in [-0.3, -0.25) is 0 Å². The second kappa shape index (κ2) is 4.26. The molecule has 0 aliphatic carbocycles. The lowest BCUT2D eigenvalue weighted by Crippen LogP contribution is -2.37. The van der Waals surface area contributed by atoms with Crippen molar-refractivity contribution in [3.63, 3.8) is 0 Å². The highest BCUT2D eigenvalue weighted by Crippen LogP contribution is 2.10. The quantitative estimate of drug-likeness (QED) is 0.537. The molecule has 0 bridgehead atoms. The van der Waals surface area contributed by atoms with E-state index < -0.39 is 5.60 Å². The molecule has 0 saturated carbocycles. The number of pyridine rings is 1. The van der Waals surface area contributed by atoms with Crippen molar-refractivity contribution in [1.29, 1.82) is 0 Å². The molecular formula is C9H15N3O2. The van der Waals surface area contributed by atoms with Gasteiger partial charge in [0.25, 0.3) is 0 Å². The highest BCUT2D eigenvalue weighted by molar-refractivity contribution is 5.49. The Hall–Kier alpha value is -1.33. The van der Waals surface area contributed by atoms with Crippen LogP contribution in [-0.4, -0.2) is 33.9 Å². The molecule has 0 radical (unpaired) electrons. The summed E-state index contributed by atoms with van der Waals surface area (Å²) in [5.41, 5.74) is 5.11. The molecule has 78 valence electrons. The van der Waals surface area contributed by atoms with E-state index in [0.717, 1.165) is 5.69 Å². The first-order valence-electron chi connectivity index (χ1n) is 4.32. The third kappa shape index (κ3) is 3.20. The van der Waals surface area contributed by atoms with E-state index in [9.17, 15) is 5.11 Å². The minimum absolute atomic E-state index is 0.257. The summed E-state index contributed by atoms with van der Waals surface area (Å²) in [6, 6.07) is 3.40. The average molecular weight is 197 g/mol. The SMILES string of the molecule is CC(O)(CO)CNc1ccnc(N)c1. The number of nitrogens with zero attached hydrogens (tertiary/aromatic N) is 1. The molecule has 5 heteroatoms. The van der Waals surface area contributed by atoms with Gasteiger partial charge in [0.15, 0.2) is 0 Å². The topological polar surface area (TPSA) is 91.4 Å². The number of rotatable bonds is 4. The van der Waals surface area contributed by atoms with Crippen molar-refractivity contribution in [3.05, 3.63) is 18.3 Å². The Morgan fingerprint density at radius 2 is 2.36 bits per heavy atom. The molecule has 1 unspecified atom stereocenters. The third-order valence-electron chi connectivity index (χ3n) is 1.80. The molecule has 1 aromatic heterocycles. The summed E-state index contributed by atoms with van der Waals surface area (Å²) in [5.74, 6) is 0.415. The van der Waals surface area contributed by atoms with Crippen LogP contribution in [0.2, 0.25) is 0 Å². The lowest BCUT2D eigenvalue weighted by Gasteiger charge is -2.21. The third-order valence-corrected chi connectivity index (χ3v) is 1.80. The smallest absolute Gasteiger partial charge is 0.125 e. The normalized spacial score (nSPS) is 14.8. The minimum Gasteiger partial charge on any atom is -0.393 e. The number of anilines is 2. The Kier molecular flexibility index (Phi) is 3.27. The Bertz CT molecular complexity index is 302. The first-order chi connectivity index (χ1) is 6.53. The molecule has 1 rings (SSSR count). The number of aliphatic hydroxyl groups is 2. The minimum atomic E-state index is -1.13. The second-order valence-corrected chi connectivity index (χ2v) is 3.48. The molecule has 1 aromatic rings. The second-order valence-electron chi connectivity index (χ2n) is 3.48. The number of nitrogens with two attached hydrogens (primary N) is 1. The molecule has 0 saturated heterocycles. The van der Waals surface area contributed by atoms with Crippen molar-refractivity contribution in [2.75, 3.05) is 24.2 Å². The summed E-state index contributed by atoms with van der Waals surface area (Å²) < 4.78 is 0. The molecule has 0 fully saturated rings. The van der Waals surface area contributed by atoms with Crippen LogP contribution in [0.3, 0.4) is 0 Å². The van der Waals surface area contributed by atoms with E-state index in [1.807, 2.05) is 0 Å². The average Bonchev–Trinajstić information content (AvgIpc) is 2.15. The Morgan fingerprint density at radius 1 is 1.64 bits per heavy atom. The van der Waals surface area contributed by atoms with Crippen molar-refractivity contribution in [2.24, 2.45) is 0 Å². The molecule has 0 amide bonds. The van der Waals surface area contributed by atoms with E-state index in [0.29, 0.717) is 5.82 Å². The standard InChI is InChI=1S/C9H15N3O2/c1-9(14,6-13)5-12-7-2-3-11-8(10)4-7/h2-4,13-14H,5-6H2,1H3,(H3,10,11,12). The van der Waals surface area contributed by atoms with E-state index in [1.165, 1.54) is 0 Å². The van der Waals surface area contributed by atoms with Gasteiger partial charge in [-0.1, -0.05) is 0 Å². The van der Waals surface area contributed by atoms with Gasteiger partial charge in [-0.2, -0.15) is 0 Å². The molecule has 1 heterocycles. The van der Waals surface area contributed by atoms with Crippen molar-refractivity contribution in [1.82, 2.24) is 4.98 Å². The Balaban J connectivity index is 2.54. The number of hydrogen-bond acceptors (Lipinski definition) is 5. The van der Waals surface area contributed by atoms with Crippen LogP contribution < -0.4 is 11.1 Å². The summed E-state index contributed by atoms with van der Waals surface area (Å²) in [5, 5.41) is 21.2. The highest BCUT2D eigenvalue weighted by Gasteiger charge is 2.18. The Labute approximate surface area is 82.6 Å². The maximum Gasteiger partial charge on any atom is 0.125 e. The van der Waals surface area contributed by atoms with Crippen molar-refractivity contribution in [2.45, 2.75) is 12.5 Å². The molecular weight excluding hydrogens is 182 g/mol. The van der Waals surface area contributed by atoms with Gasteiger partial charge in [0.2, 0.25) is 0 Å². The van der Waals surface area contributed by atoms with Gasteiger partial charge in [-0.05, 0) is 13.0 Å². The van der Waals surface area contributed by atoms with Crippen molar-refractivity contribution in [3.8, 4) is 0 Å². The van der Waals surface area contributed by atoms with Gasteiger partial charge in [0, 0.05) is 24.5 Å². The molecule has 5 N–H and O–H groups in total. The number of hydrogen-bond donors (Lipinski definition) is 4. The molecule has 0 aliphatic heterocycles. The number of nitrogen functional groups attached to an aromatic ring is 1. The van der Waals surface area contributed by atoms with Crippen LogP contribution >= 0.6 is 0 Å². The molecule has 14 heavy (non-hydrogen) atoms. The summed E-state index contributed by atoms with van der Waals surface area (Å²) >= 11 is 0. The number of aromatic nitrogens is 1. The van der Waals surface area contributed by atoms with Crippen molar-refractivity contribution < 1.29 is 10.2 Å². The zero-order valence-electron chi connectivity index (χ0n) is 8.07. The van der Waals surface area contributed by atoms with E-state index in [4.69, 9.17) is 10.8 Å². The van der Waals surface area contributed by atoms with E-state index in [1.54, 1.807) is 25.3 Å². The van der Waals surface area contributed by atoms with Crippen LogP contribution in [0.25, 0.3) is 0 Å². The first-order valence-corrected chi connectivity index (χ1v) is 4.32. The first kappa shape index (κ1) is 10.7. The largest absolute Gasteiger partial charge is 0.393 e. The predicted molar refractivity (Wildman–Crippen MR) is 54.8 cm³/mol. The lowest BCUT2D eigenvalue weighted by molar-refractivity contribution is 0.0132. The fraction of sp³-hybridized carbons (Fsp3) is 0.444. The van der Waals surface area contributed by atoms with Gasteiger partial charge >= 0.3 is 0 Å². The monoisotopic (exact) mass is 197 g/mol. The fourth-order valence-electron chi connectivity index (χ4n) is 0.907. The van der Waals surface area contributed by atoms with Crippen LogP contribution in [-0.2, 0) is 0 Å². The predicted octanol–water partition coefficient (Wildman–Crippen LogP) is -0.181. The fourth-order valence-corrected chi connectivity index (χ4v) is 0.907. The number of aliphatic hydroxyl groups excluding tert-OH is 1. The van der Waals surface area contributed by atoms with Crippen molar-refractivity contribution >= 4 is 11.5 Å².